The Bertz CT molecular complexity index is 1060. The Balaban J connectivity index is 1.65. The maximum absolute atomic E-state index is 12.5. The number of ether oxygens (including phenoxy) is 1. The van der Waals surface area contributed by atoms with Crippen LogP contribution >= 0.6 is 0 Å². The van der Waals surface area contributed by atoms with E-state index in [1.165, 1.54) is 6.07 Å². The molecule has 0 spiro atoms. The zero-order valence-electron chi connectivity index (χ0n) is 17.0. The van der Waals surface area contributed by atoms with Crippen LogP contribution in [0.1, 0.15) is 18.4 Å². The average molecular weight is 449 g/mol. The second kappa shape index (κ2) is 9.21. The molecule has 1 fully saturated rings. The predicted octanol–water partition coefficient (Wildman–Crippen LogP) is 2.66. The van der Waals surface area contributed by atoms with Gasteiger partial charge in [-0.1, -0.05) is 0 Å². The standard InChI is InChI=1S/C20H24N4O6S/c1-14-10-17(29-13-15-6-8-23(9-7-15)20(21)22)12-18(11-14)30-31(27,28)19-4-2-16(3-5-19)24(25)26/h2-5,10-12,15H,6-9,13H2,1H3,(H3,21,22). The predicted molar refractivity (Wildman–Crippen MR) is 114 cm³/mol. The highest BCUT2D eigenvalue weighted by molar-refractivity contribution is 7.87. The maximum Gasteiger partial charge on any atom is 0.339 e. The van der Waals surface area contributed by atoms with E-state index >= 15 is 0 Å². The number of aryl methyl sites for hydroxylation is 1. The summed E-state index contributed by atoms with van der Waals surface area (Å²) in [5.41, 5.74) is 6.06. The van der Waals surface area contributed by atoms with Crippen molar-refractivity contribution in [2.45, 2.75) is 24.7 Å². The molecule has 0 unspecified atom stereocenters. The van der Waals surface area contributed by atoms with Crippen molar-refractivity contribution in [3.05, 3.63) is 58.1 Å². The Morgan fingerprint density at radius 2 is 1.81 bits per heavy atom. The van der Waals surface area contributed by atoms with Crippen molar-refractivity contribution in [3.8, 4) is 11.5 Å². The summed E-state index contributed by atoms with van der Waals surface area (Å²) >= 11 is 0. The number of guanidine groups is 1. The maximum atomic E-state index is 12.5. The van der Waals surface area contributed by atoms with Crippen LogP contribution in [-0.2, 0) is 10.1 Å². The molecule has 1 heterocycles. The summed E-state index contributed by atoms with van der Waals surface area (Å²) in [6, 6.07) is 9.34. The third-order valence-electron chi connectivity index (χ3n) is 5.01. The average Bonchev–Trinajstić information content (AvgIpc) is 2.72. The smallest absolute Gasteiger partial charge is 0.339 e. The molecule has 31 heavy (non-hydrogen) atoms. The molecule has 0 aromatic heterocycles. The molecule has 3 rings (SSSR count). The third-order valence-corrected chi connectivity index (χ3v) is 6.27. The van der Waals surface area contributed by atoms with Crippen LogP contribution in [0.25, 0.3) is 0 Å². The van der Waals surface area contributed by atoms with Crippen molar-refractivity contribution in [1.82, 2.24) is 4.90 Å². The van der Waals surface area contributed by atoms with E-state index in [2.05, 4.69) is 0 Å². The van der Waals surface area contributed by atoms with Gasteiger partial charge in [-0.25, -0.2) is 0 Å². The fourth-order valence-corrected chi connectivity index (χ4v) is 4.22. The summed E-state index contributed by atoms with van der Waals surface area (Å²) in [6.45, 7) is 3.67. The SMILES string of the molecule is Cc1cc(OCC2CCN(C(=N)N)CC2)cc(OS(=O)(=O)c2ccc([N+](=O)[O-])cc2)c1. The van der Waals surface area contributed by atoms with Gasteiger partial charge < -0.3 is 19.6 Å². The highest BCUT2D eigenvalue weighted by Crippen LogP contribution is 2.27. The van der Waals surface area contributed by atoms with E-state index in [0.29, 0.717) is 31.4 Å². The molecule has 0 radical (unpaired) electrons. The molecule has 1 saturated heterocycles. The van der Waals surface area contributed by atoms with Gasteiger partial charge in [0, 0.05) is 31.3 Å². The van der Waals surface area contributed by atoms with Crippen LogP contribution in [0.3, 0.4) is 0 Å². The van der Waals surface area contributed by atoms with Crippen LogP contribution in [-0.4, -0.2) is 43.9 Å². The minimum atomic E-state index is -4.15. The lowest BCUT2D eigenvalue weighted by Crippen LogP contribution is -2.43. The molecule has 0 amide bonds. The van der Waals surface area contributed by atoms with E-state index < -0.39 is 15.0 Å². The quantitative estimate of drug-likeness (QED) is 0.216. The van der Waals surface area contributed by atoms with E-state index in [9.17, 15) is 18.5 Å². The lowest BCUT2D eigenvalue weighted by molar-refractivity contribution is -0.384. The van der Waals surface area contributed by atoms with Crippen molar-refractivity contribution in [2.75, 3.05) is 19.7 Å². The summed E-state index contributed by atoms with van der Waals surface area (Å²) in [5, 5.41) is 18.2. The molecule has 1 aliphatic rings. The van der Waals surface area contributed by atoms with Gasteiger partial charge in [0.2, 0.25) is 0 Å². The first kappa shape index (κ1) is 22.3. The normalized spacial score (nSPS) is 14.8. The minimum absolute atomic E-state index is 0.0778. The Labute approximate surface area is 180 Å². The number of hydrogen-bond donors (Lipinski definition) is 2. The molecule has 3 N–H and O–H groups in total. The van der Waals surface area contributed by atoms with Gasteiger partial charge in [-0.3, -0.25) is 15.5 Å². The fourth-order valence-electron chi connectivity index (χ4n) is 3.31. The van der Waals surface area contributed by atoms with Gasteiger partial charge in [0.05, 0.1) is 11.5 Å². The summed E-state index contributed by atoms with van der Waals surface area (Å²) < 4.78 is 36.2. The van der Waals surface area contributed by atoms with Gasteiger partial charge in [0.25, 0.3) is 5.69 Å². The van der Waals surface area contributed by atoms with Crippen LogP contribution < -0.4 is 14.7 Å². The number of likely N-dealkylation sites (tertiary alicyclic amines) is 1. The third kappa shape index (κ3) is 5.85. The molecule has 2 aromatic rings. The lowest BCUT2D eigenvalue weighted by Gasteiger charge is -2.32. The molecule has 166 valence electrons. The van der Waals surface area contributed by atoms with Crippen LogP contribution in [0.15, 0.2) is 47.4 Å². The van der Waals surface area contributed by atoms with Crippen molar-refractivity contribution >= 4 is 21.8 Å². The number of non-ortho nitro benzene ring substituents is 1. The monoisotopic (exact) mass is 448 g/mol. The van der Waals surface area contributed by atoms with E-state index in [1.54, 1.807) is 19.1 Å². The van der Waals surface area contributed by atoms with Crippen LogP contribution in [0, 0.1) is 28.4 Å². The van der Waals surface area contributed by atoms with Crippen LogP contribution in [0.4, 0.5) is 5.69 Å². The summed E-state index contributed by atoms with van der Waals surface area (Å²) in [7, 11) is -4.15. The lowest BCUT2D eigenvalue weighted by atomic mass is 9.98. The summed E-state index contributed by atoms with van der Waals surface area (Å²) in [4.78, 5) is 11.8. The molecule has 0 bridgehead atoms. The minimum Gasteiger partial charge on any atom is -0.493 e. The molecular formula is C20H24N4O6S. The van der Waals surface area contributed by atoms with E-state index in [0.717, 1.165) is 42.7 Å². The molecule has 0 atom stereocenters. The first-order chi connectivity index (χ1) is 14.6. The molecule has 0 saturated carbocycles. The van der Waals surface area contributed by atoms with Gasteiger partial charge in [-0.15, -0.1) is 0 Å². The van der Waals surface area contributed by atoms with Gasteiger partial charge in [0.15, 0.2) is 5.96 Å². The van der Waals surface area contributed by atoms with Gasteiger partial charge in [-0.2, -0.15) is 8.42 Å². The van der Waals surface area contributed by atoms with Gasteiger partial charge in [0.1, 0.15) is 16.4 Å². The van der Waals surface area contributed by atoms with Crippen LogP contribution in [0.2, 0.25) is 0 Å². The zero-order valence-corrected chi connectivity index (χ0v) is 17.8. The Hall–Kier alpha value is -3.34. The van der Waals surface area contributed by atoms with Gasteiger partial charge in [-0.05, 0) is 55.5 Å². The summed E-state index contributed by atoms with van der Waals surface area (Å²) in [5.74, 6) is 0.973. The molecule has 10 nitrogen and oxygen atoms in total. The topological polar surface area (TPSA) is 149 Å². The largest absolute Gasteiger partial charge is 0.493 e. The van der Waals surface area contributed by atoms with E-state index in [4.69, 9.17) is 20.1 Å². The van der Waals surface area contributed by atoms with E-state index in [-0.39, 0.29) is 22.3 Å². The first-order valence-corrected chi connectivity index (χ1v) is 11.1. The second-order valence-corrected chi connectivity index (χ2v) is 8.94. The van der Waals surface area contributed by atoms with Crippen LogP contribution in [0.5, 0.6) is 11.5 Å². The second-order valence-electron chi connectivity index (χ2n) is 7.40. The number of rotatable bonds is 7. The van der Waals surface area contributed by atoms with E-state index in [1.807, 2.05) is 4.90 Å². The number of benzene rings is 2. The number of nitro benzene ring substituents is 1. The Morgan fingerprint density at radius 1 is 1.19 bits per heavy atom. The molecule has 0 aliphatic carbocycles. The molecule has 2 aromatic carbocycles. The number of piperidine rings is 1. The molecule has 11 heteroatoms. The van der Waals surface area contributed by atoms with Crippen molar-refractivity contribution in [2.24, 2.45) is 11.7 Å². The molecule has 1 aliphatic heterocycles. The summed E-state index contributed by atoms with van der Waals surface area (Å²) in [6.07, 6.45) is 1.70. The van der Waals surface area contributed by atoms with Crippen molar-refractivity contribution < 1.29 is 22.3 Å². The number of nitrogens with two attached hydrogens (primary N) is 1. The Morgan fingerprint density at radius 3 is 2.39 bits per heavy atom. The zero-order chi connectivity index (χ0) is 22.6. The number of hydrogen-bond acceptors (Lipinski definition) is 7. The number of nitrogens with one attached hydrogen (secondary N) is 1. The van der Waals surface area contributed by atoms with Crippen molar-refractivity contribution in [1.29, 1.82) is 5.41 Å². The highest BCUT2D eigenvalue weighted by atomic mass is 32.2. The van der Waals surface area contributed by atoms with Gasteiger partial charge >= 0.3 is 10.1 Å². The number of nitrogens with zero attached hydrogens (tertiary/aromatic N) is 2. The Kier molecular flexibility index (Phi) is 6.64. The fraction of sp³-hybridized carbons (Fsp3) is 0.350. The number of nitro groups is 1. The molecular weight excluding hydrogens is 424 g/mol. The van der Waals surface area contributed by atoms with Crippen molar-refractivity contribution in [3.63, 3.8) is 0 Å². The highest BCUT2D eigenvalue weighted by Gasteiger charge is 2.21. The first-order valence-electron chi connectivity index (χ1n) is 9.66.